The standard InChI is InChI=1S/C24H24N2O5S/c1-17(32(27,28)29)23-21-12-13-26(15-18-8-10-20(30-2)11-9-18)22(21)14-25-24(23)31-16-19-6-4-3-5-7-19/h3-14,17H,15-16H2,1-2H3,(H,27,28,29). The van der Waals surface area contributed by atoms with Gasteiger partial charge in [-0.1, -0.05) is 42.5 Å². The number of benzene rings is 2. The maximum Gasteiger partial charge on any atom is 0.271 e. The van der Waals surface area contributed by atoms with E-state index in [1.165, 1.54) is 6.92 Å². The molecule has 0 bridgehead atoms. The third kappa shape index (κ3) is 4.61. The lowest BCUT2D eigenvalue weighted by molar-refractivity contribution is 0.290. The molecule has 0 aliphatic heterocycles. The van der Waals surface area contributed by atoms with Crippen molar-refractivity contribution in [2.24, 2.45) is 0 Å². The number of aromatic nitrogens is 2. The van der Waals surface area contributed by atoms with Crippen molar-refractivity contribution in [3.05, 3.63) is 89.7 Å². The Bertz CT molecular complexity index is 1320. The van der Waals surface area contributed by atoms with Gasteiger partial charge in [-0.2, -0.15) is 8.42 Å². The van der Waals surface area contributed by atoms with Gasteiger partial charge in [0.15, 0.2) is 0 Å². The fourth-order valence-electron chi connectivity index (χ4n) is 3.61. The fraction of sp³-hybridized carbons (Fsp3) is 0.208. The van der Waals surface area contributed by atoms with Crippen molar-refractivity contribution in [3.63, 3.8) is 0 Å². The number of nitrogens with zero attached hydrogens (tertiary/aromatic N) is 2. The molecule has 0 fully saturated rings. The summed E-state index contributed by atoms with van der Waals surface area (Å²) in [7, 11) is -2.73. The van der Waals surface area contributed by atoms with Gasteiger partial charge in [0.05, 0.1) is 18.8 Å². The quantitative estimate of drug-likeness (QED) is 0.392. The van der Waals surface area contributed by atoms with Crippen LogP contribution in [-0.4, -0.2) is 29.6 Å². The molecule has 0 spiro atoms. The van der Waals surface area contributed by atoms with Crippen LogP contribution in [0.25, 0.3) is 10.9 Å². The second-order valence-corrected chi connectivity index (χ2v) is 9.24. The SMILES string of the molecule is COc1ccc(Cn2ccc3c(C(C)S(=O)(=O)O)c(OCc4ccccc4)ncc32)cc1. The number of pyridine rings is 1. The molecule has 4 aromatic rings. The molecule has 1 unspecified atom stereocenters. The van der Waals surface area contributed by atoms with E-state index in [9.17, 15) is 13.0 Å². The van der Waals surface area contributed by atoms with E-state index >= 15 is 0 Å². The highest BCUT2D eigenvalue weighted by molar-refractivity contribution is 7.86. The first-order chi connectivity index (χ1) is 15.4. The molecule has 166 valence electrons. The predicted octanol–water partition coefficient (Wildman–Crippen LogP) is 4.62. The summed E-state index contributed by atoms with van der Waals surface area (Å²) < 4.78 is 46.9. The minimum atomic E-state index is -4.35. The highest BCUT2D eigenvalue weighted by atomic mass is 32.2. The number of hydrogen-bond acceptors (Lipinski definition) is 5. The summed E-state index contributed by atoms with van der Waals surface area (Å²) in [4.78, 5) is 4.42. The van der Waals surface area contributed by atoms with Crippen LogP contribution >= 0.6 is 0 Å². The molecule has 0 saturated heterocycles. The third-order valence-electron chi connectivity index (χ3n) is 5.41. The van der Waals surface area contributed by atoms with E-state index in [1.807, 2.05) is 71.4 Å². The topological polar surface area (TPSA) is 90.7 Å². The van der Waals surface area contributed by atoms with Gasteiger partial charge in [-0.25, -0.2) is 4.98 Å². The summed E-state index contributed by atoms with van der Waals surface area (Å²) in [5.41, 5.74) is 3.07. The molecule has 2 aromatic heterocycles. The summed E-state index contributed by atoms with van der Waals surface area (Å²) in [5, 5.41) is -0.525. The van der Waals surface area contributed by atoms with E-state index in [-0.39, 0.29) is 12.5 Å². The normalized spacial score (nSPS) is 12.6. The van der Waals surface area contributed by atoms with Gasteiger partial charge in [0.1, 0.15) is 17.6 Å². The maximum atomic E-state index is 12.0. The van der Waals surface area contributed by atoms with Gasteiger partial charge >= 0.3 is 0 Å². The zero-order valence-corrected chi connectivity index (χ0v) is 18.6. The Kier molecular flexibility index (Phi) is 6.16. The summed E-state index contributed by atoms with van der Waals surface area (Å²) >= 11 is 0. The van der Waals surface area contributed by atoms with E-state index in [4.69, 9.17) is 9.47 Å². The molecule has 1 N–H and O–H groups in total. The van der Waals surface area contributed by atoms with Gasteiger partial charge in [0.2, 0.25) is 5.88 Å². The average Bonchev–Trinajstić information content (AvgIpc) is 3.20. The summed E-state index contributed by atoms with van der Waals surface area (Å²) in [6.45, 7) is 2.23. The molecule has 1 atom stereocenters. The molecule has 8 heteroatoms. The minimum absolute atomic E-state index is 0.189. The van der Waals surface area contributed by atoms with Crippen molar-refractivity contribution >= 4 is 21.0 Å². The monoisotopic (exact) mass is 452 g/mol. The van der Waals surface area contributed by atoms with Gasteiger partial charge in [-0.15, -0.1) is 0 Å². The van der Waals surface area contributed by atoms with Crippen LogP contribution in [0.2, 0.25) is 0 Å². The Morgan fingerprint density at radius 2 is 1.75 bits per heavy atom. The lowest BCUT2D eigenvalue weighted by Crippen LogP contribution is -2.12. The Hall–Kier alpha value is -3.36. The fourth-order valence-corrected chi connectivity index (χ4v) is 4.13. The molecule has 2 aromatic carbocycles. The van der Waals surface area contributed by atoms with E-state index in [1.54, 1.807) is 13.3 Å². The van der Waals surface area contributed by atoms with Crippen molar-refractivity contribution in [3.8, 4) is 11.6 Å². The van der Waals surface area contributed by atoms with E-state index < -0.39 is 15.4 Å². The molecule has 2 heterocycles. The first-order valence-electron chi connectivity index (χ1n) is 10.1. The molecular formula is C24H24N2O5S. The molecule has 0 amide bonds. The molecular weight excluding hydrogens is 428 g/mol. The van der Waals surface area contributed by atoms with Crippen molar-refractivity contribution in [1.82, 2.24) is 9.55 Å². The van der Waals surface area contributed by atoms with E-state index in [2.05, 4.69) is 4.98 Å². The summed E-state index contributed by atoms with van der Waals surface area (Å²) in [5.74, 6) is 0.964. The largest absolute Gasteiger partial charge is 0.497 e. The van der Waals surface area contributed by atoms with Crippen molar-refractivity contribution in [1.29, 1.82) is 0 Å². The minimum Gasteiger partial charge on any atom is -0.497 e. The molecule has 0 saturated carbocycles. The molecule has 4 rings (SSSR count). The molecule has 0 radical (unpaired) electrons. The second-order valence-electron chi connectivity index (χ2n) is 7.50. The van der Waals surface area contributed by atoms with Crippen LogP contribution in [0.1, 0.15) is 28.9 Å². The number of fused-ring (bicyclic) bond motifs is 1. The zero-order chi connectivity index (χ0) is 22.7. The van der Waals surface area contributed by atoms with Crippen LogP contribution in [0.4, 0.5) is 0 Å². The predicted molar refractivity (Wildman–Crippen MR) is 123 cm³/mol. The Morgan fingerprint density at radius 3 is 2.41 bits per heavy atom. The van der Waals surface area contributed by atoms with Crippen LogP contribution in [-0.2, 0) is 23.3 Å². The lowest BCUT2D eigenvalue weighted by Gasteiger charge is -2.16. The van der Waals surface area contributed by atoms with Crippen molar-refractivity contribution < 1.29 is 22.4 Å². The van der Waals surface area contributed by atoms with Crippen LogP contribution in [0.5, 0.6) is 11.6 Å². The average molecular weight is 453 g/mol. The molecule has 0 aliphatic carbocycles. The first-order valence-corrected chi connectivity index (χ1v) is 11.6. The smallest absolute Gasteiger partial charge is 0.271 e. The Labute approximate surface area is 187 Å². The number of hydrogen-bond donors (Lipinski definition) is 1. The summed E-state index contributed by atoms with van der Waals surface area (Å²) in [6.07, 6.45) is 3.54. The lowest BCUT2D eigenvalue weighted by atomic mass is 10.1. The van der Waals surface area contributed by atoms with Gasteiger partial charge in [0.25, 0.3) is 10.1 Å². The van der Waals surface area contributed by atoms with Crippen LogP contribution in [0.3, 0.4) is 0 Å². The van der Waals surface area contributed by atoms with Crippen LogP contribution in [0, 0.1) is 0 Å². The van der Waals surface area contributed by atoms with E-state index in [0.29, 0.717) is 17.5 Å². The van der Waals surface area contributed by atoms with E-state index in [0.717, 1.165) is 22.4 Å². The second kappa shape index (κ2) is 9.02. The molecule has 32 heavy (non-hydrogen) atoms. The number of methoxy groups -OCH3 is 1. The van der Waals surface area contributed by atoms with Gasteiger partial charge in [-0.05, 0) is 36.2 Å². The summed E-state index contributed by atoms with van der Waals surface area (Å²) in [6, 6.07) is 19.1. The Morgan fingerprint density at radius 1 is 1.03 bits per heavy atom. The van der Waals surface area contributed by atoms with Gasteiger partial charge in [0, 0.05) is 23.7 Å². The first kappa shape index (κ1) is 21.9. The van der Waals surface area contributed by atoms with Crippen molar-refractivity contribution in [2.45, 2.75) is 25.3 Å². The maximum absolute atomic E-state index is 12.0. The highest BCUT2D eigenvalue weighted by Crippen LogP contribution is 2.36. The third-order valence-corrected chi connectivity index (χ3v) is 6.54. The van der Waals surface area contributed by atoms with Crippen molar-refractivity contribution in [2.75, 3.05) is 7.11 Å². The zero-order valence-electron chi connectivity index (χ0n) is 17.8. The molecule has 7 nitrogen and oxygen atoms in total. The molecule has 0 aliphatic rings. The van der Waals surface area contributed by atoms with Gasteiger partial charge < -0.3 is 14.0 Å². The Balaban J connectivity index is 1.72. The number of ether oxygens (including phenoxy) is 2. The van der Waals surface area contributed by atoms with Crippen LogP contribution < -0.4 is 9.47 Å². The van der Waals surface area contributed by atoms with Gasteiger partial charge in [-0.3, -0.25) is 4.55 Å². The number of rotatable bonds is 8. The highest BCUT2D eigenvalue weighted by Gasteiger charge is 2.27. The van der Waals surface area contributed by atoms with Crippen LogP contribution in [0.15, 0.2) is 73.1 Å².